The molecule has 0 radical (unpaired) electrons. The molecule has 2 aliphatic rings. The van der Waals surface area contributed by atoms with Crippen LogP contribution in [-0.2, 0) is 4.74 Å². The Hall–Kier alpha value is -1.57. The third kappa shape index (κ3) is 1.54. The molecule has 82 valence electrons. The summed E-state index contributed by atoms with van der Waals surface area (Å²) in [5, 5.41) is 0. The second-order valence-corrected chi connectivity index (χ2v) is 4.53. The van der Waals surface area contributed by atoms with Crippen LogP contribution in [0.15, 0.2) is 42.5 Å². The number of carbonyl (C=O) groups excluding carboxylic acids is 1. The summed E-state index contributed by atoms with van der Waals surface area (Å²) in [6.45, 7) is 0. The van der Waals surface area contributed by atoms with Crippen LogP contribution in [-0.4, -0.2) is 12.1 Å². The highest BCUT2D eigenvalue weighted by Gasteiger charge is 2.40. The summed E-state index contributed by atoms with van der Waals surface area (Å²) in [5.74, 6) is 0.724. The van der Waals surface area contributed by atoms with Crippen molar-refractivity contribution in [2.24, 2.45) is 11.8 Å². The zero-order valence-electron chi connectivity index (χ0n) is 9.00. The van der Waals surface area contributed by atoms with Crippen molar-refractivity contribution in [1.29, 1.82) is 0 Å². The minimum Gasteiger partial charge on any atom is -0.458 e. The van der Waals surface area contributed by atoms with Crippen LogP contribution < -0.4 is 0 Å². The standard InChI is InChI=1S/C14H14O2/c15-14(12-4-2-1-3-5-12)16-13-10-6-7-11(13)9-8-10/h1-7,10-11,13H,8-9H2. The monoisotopic (exact) mass is 214 g/mol. The third-order valence-electron chi connectivity index (χ3n) is 3.54. The second kappa shape index (κ2) is 3.78. The minimum atomic E-state index is -0.189. The van der Waals surface area contributed by atoms with E-state index < -0.39 is 0 Å². The first-order valence-electron chi connectivity index (χ1n) is 5.79. The van der Waals surface area contributed by atoms with Gasteiger partial charge in [0.25, 0.3) is 0 Å². The highest BCUT2D eigenvalue weighted by atomic mass is 16.5. The molecule has 2 heteroatoms. The van der Waals surface area contributed by atoms with E-state index in [9.17, 15) is 4.79 Å². The molecule has 2 aliphatic carbocycles. The van der Waals surface area contributed by atoms with Crippen molar-refractivity contribution in [3.8, 4) is 0 Å². The number of hydrogen-bond donors (Lipinski definition) is 0. The molecule has 1 aromatic carbocycles. The van der Waals surface area contributed by atoms with Crippen LogP contribution in [0.1, 0.15) is 23.2 Å². The van der Waals surface area contributed by atoms with Gasteiger partial charge in [0.05, 0.1) is 5.56 Å². The topological polar surface area (TPSA) is 26.3 Å². The summed E-state index contributed by atoms with van der Waals surface area (Å²) >= 11 is 0. The molecule has 1 saturated carbocycles. The molecule has 3 rings (SSSR count). The molecule has 2 bridgehead atoms. The van der Waals surface area contributed by atoms with E-state index in [4.69, 9.17) is 4.74 Å². The van der Waals surface area contributed by atoms with Crippen LogP contribution in [0.25, 0.3) is 0 Å². The maximum atomic E-state index is 11.9. The van der Waals surface area contributed by atoms with Crippen molar-refractivity contribution in [3.05, 3.63) is 48.0 Å². The first kappa shape index (κ1) is 9.64. The molecule has 0 N–H and O–H groups in total. The predicted octanol–water partition coefficient (Wildman–Crippen LogP) is 2.81. The summed E-state index contributed by atoms with van der Waals surface area (Å²) in [4.78, 5) is 11.9. The lowest BCUT2D eigenvalue weighted by Crippen LogP contribution is -2.23. The average molecular weight is 214 g/mol. The number of esters is 1. The molecule has 0 heterocycles. The van der Waals surface area contributed by atoms with Gasteiger partial charge in [-0.3, -0.25) is 0 Å². The van der Waals surface area contributed by atoms with E-state index in [1.807, 2.05) is 18.2 Å². The summed E-state index contributed by atoms with van der Waals surface area (Å²) in [6, 6.07) is 9.22. The molecule has 1 aromatic rings. The highest BCUT2D eigenvalue weighted by molar-refractivity contribution is 5.89. The zero-order valence-corrected chi connectivity index (χ0v) is 9.00. The van der Waals surface area contributed by atoms with E-state index in [0.717, 1.165) is 12.8 Å². The number of fused-ring (bicyclic) bond motifs is 2. The maximum Gasteiger partial charge on any atom is 0.338 e. The van der Waals surface area contributed by atoms with Gasteiger partial charge in [0, 0.05) is 11.8 Å². The molecule has 0 saturated heterocycles. The van der Waals surface area contributed by atoms with Crippen LogP contribution in [0.2, 0.25) is 0 Å². The van der Waals surface area contributed by atoms with Crippen LogP contribution >= 0.6 is 0 Å². The fourth-order valence-corrected chi connectivity index (χ4v) is 2.67. The fourth-order valence-electron chi connectivity index (χ4n) is 2.67. The van der Waals surface area contributed by atoms with E-state index in [1.54, 1.807) is 12.1 Å². The van der Waals surface area contributed by atoms with Crippen molar-refractivity contribution in [2.45, 2.75) is 18.9 Å². The molecule has 16 heavy (non-hydrogen) atoms. The lowest BCUT2D eigenvalue weighted by molar-refractivity contribution is 0.0210. The quantitative estimate of drug-likeness (QED) is 0.559. The lowest BCUT2D eigenvalue weighted by atomic mass is 10.1. The van der Waals surface area contributed by atoms with Crippen LogP contribution in [0.3, 0.4) is 0 Å². The van der Waals surface area contributed by atoms with Gasteiger partial charge in [-0.15, -0.1) is 0 Å². The molecule has 0 amide bonds. The number of hydrogen-bond acceptors (Lipinski definition) is 2. The summed E-state index contributed by atoms with van der Waals surface area (Å²) in [6.07, 6.45) is 6.79. The van der Waals surface area contributed by atoms with Gasteiger partial charge in [-0.25, -0.2) is 4.79 Å². The van der Waals surface area contributed by atoms with Gasteiger partial charge in [-0.05, 0) is 25.0 Å². The Balaban J connectivity index is 1.70. The SMILES string of the molecule is O=C(OC1C2C=CC1CC2)c1ccccc1. The molecule has 0 aromatic heterocycles. The molecular formula is C14H14O2. The van der Waals surface area contributed by atoms with E-state index in [1.165, 1.54) is 0 Å². The molecule has 0 aliphatic heterocycles. The largest absolute Gasteiger partial charge is 0.458 e. The number of rotatable bonds is 2. The Labute approximate surface area is 94.9 Å². The normalized spacial score (nSPS) is 30.6. The Morgan fingerprint density at radius 2 is 1.69 bits per heavy atom. The maximum absolute atomic E-state index is 11.9. The molecule has 2 atom stereocenters. The van der Waals surface area contributed by atoms with E-state index in [2.05, 4.69) is 12.2 Å². The predicted molar refractivity (Wildman–Crippen MR) is 61.0 cm³/mol. The highest BCUT2D eigenvalue weighted by Crippen LogP contribution is 2.41. The van der Waals surface area contributed by atoms with Crippen LogP contribution in [0.5, 0.6) is 0 Å². The molecule has 0 spiro atoms. The van der Waals surface area contributed by atoms with Crippen molar-refractivity contribution in [2.75, 3.05) is 0 Å². The smallest absolute Gasteiger partial charge is 0.338 e. The number of ether oxygens (including phenoxy) is 1. The zero-order chi connectivity index (χ0) is 11.0. The Morgan fingerprint density at radius 1 is 1.06 bits per heavy atom. The van der Waals surface area contributed by atoms with Crippen LogP contribution in [0.4, 0.5) is 0 Å². The molecule has 2 nitrogen and oxygen atoms in total. The van der Waals surface area contributed by atoms with Gasteiger partial charge in [0.15, 0.2) is 0 Å². The van der Waals surface area contributed by atoms with Gasteiger partial charge in [-0.2, -0.15) is 0 Å². The lowest BCUT2D eigenvalue weighted by Gasteiger charge is -2.16. The Kier molecular flexibility index (Phi) is 2.28. The minimum absolute atomic E-state index is 0.0905. The van der Waals surface area contributed by atoms with Gasteiger partial charge in [0.1, 0.15) is 6.10 Å². The van der Waals surface area contributed by atoms with Crippen LogP contribution in [0, 0.1) is 11.8 Å². The average Bonchev–Trinajstić information content (AvgIpc) is 2.90. The number of benzene rings is 1. The molecular weight excluding hydrogens is 200 g/mol. The van der Waals surface area contributed by atoms with E-state index >= 15 is 0 Å². The summed E-state index contributed by atoms with van der Waals surface area (Å²) in [5.41, 5.74) is 0.647. The Morgan fingerprint density at radius 3 is 2.25 bits per heavy atom. The van der Waals surface area contributed by atoms with Crippen molar-refractivity contribution >= 4 is 5.97 Å². The van der Waals surface area contributed by atoms with Gasteiger partial charge >= 0.3 is 5.97 Å². The van der Waals surface area contributed by atoms with Gasteiger partial charge in [-0.1, -0.05) is 30.4 Å². The van der Waals surface area contributed by atoms with Crippen molar-refractivity contribution < 1.29 is 9.53 Å². The first-order chi connectivity index (χ1) is 7.84. The van der Waals surface area contributed by atoms with Gasteiger partial charge in [0.2, 0.25) is 0 Å². The van der Waals surface area contributed by atoms with Gasteiger partial charge < -0.3 is 4.74 Å². The summed E-state index contributed by atoms with van der Waals surface area (Å²) < 4.78 is 5.58. The van der Waals surface area contributed by atoms with E-state index in [0.29, 0.717) is 17.4 Å². The van der Waals surface area contributed by atoms with Crippen molar-refractivity contribution in [3.63, 3.8) is 0 Å². The molecule has 1 fully saturated rings. The third-order valence-corrected chi connectivity index (χ3v) is 3.54. The Bertz CT molecular complexity index is 408. The van der Waals surface area contributed by atoms with Crippen molar-refractivity contribution in [1.82, 2.24) is 0 Å². The first-order valence-corrected chi connectivity index (χ1v) is 5.79. The van der Waals surface area contributed by atoms with E-state index in [-0.39, 0.29) is 12.1 Å². The summed E-state index contributed by atoms with van der Waals surface area (Å²) in [7, 11) is 0. The second-order valence-electron chi connectivity index (χ2n) is 4.53. The number of carbonyl (C=O) groups is 1. The fraction of sp³-hybridized carbons (Fsp3) is 0.357. The molecule has 2 unspecified atom stereocenters.